The van der Waals surface area contributed by atoms with Gasteiger partial charge in [0.15, 0.2) is 0 Å². The van der Waals surface area contributed by atoms with Crippen LogP contribution in [0.4, 0.5) is 5.95 Å². The Morgan fingerprint density at radius 1 is 1.32 bits per heavy atom. The topological polar surface area (TPSA) is 38.1 Å². The van der Waals surface area contributed by atoms with Crippen molar-refractivity contribution in [2.24, 2.45) is 0 Å². The second-order valence-corrected chi connectivity index (χ2v) is 8.81. The molecule has 6 heteroatoms. The third-order valence-corrected chi connectivity index (χ3v) is 6.86. The van der Waals surface area contributed by atoms with Crippen molar-refractivity contribution < 1.29 is 0 Å². The molecule has 4 nitrogen and oxygen atoms in total. The van der Waals surface area contributed by atoms with Crippen molar-refractivity contribution in [1.82, 2.24) is 9.55 Å². The Morgan fingerprint density at radius 3 is 2.92 bits per heavy atom. The molecular weight excluding hydrogens is 350 g/mol. The highest BCUT2D eigenvalue weighted by molar-refractivity contribution is 7.18. The van der Waals surface area contributed by atoms with Crippen LogP contribution in [-0.2, 0) is 25.9 Å². The number of hydrogen-bond donors (Lipinski definition) is 0. The lowest BCUT2D eigenvalue weighted by atomic mass is 9.97. The van der Waals surface area contributed by atoms with E-state index in [9.17, 15) is 4.79 Å². The first-order valence-corrected chi connectivity index (χ1v) is 10.7. The number of aromatic nitrogens is 2. The minimum absolute atomic E-state index is 0.152. The molecule has 0 unspecified atom stereocenters. The Bertz CT molecular complexity index is 940. The van der Waals surface area contributed by atoms with Gasteiger partial charge >= 0.3 is 0 Å². The van der Waals surface area contributed by atoms with Crippen LogP contribution in [0.5, 0.6) is 0 Å². The van der Waals surface area contributed by atoms with Crippen molar-refractivity contribution in [1.29, 1.82) is 0 Å². The summed E-state index contributed by atoms with van der Waals surface area (Å²) in [5, 5.41) is 2.98. The zero-order valence-electron chi connectivity index (χ0n) is 14.7. The Hall–Kier alpha value is -1.66. The molecule has 0 radical (unpaired) electrons. The lowest BCUT2D eigenvalue weighted by molar-refractivity contribution is 0.633. The zero-order valence-corrected chi connectivity index (χ0v) is 16.4. The van der Waals surface area contributed by atoms with E-state index in [1.54, 1.807) is 22.7 Å². The molecule has 1 aliphatic carbocycles. The maximum absolute atomic E-state index is 13.3. The minimum Gasteiger partial charge on any atom is -0.340 e. The quantitative estimate of drug-likeness (QED) is 0.663. The van der Waals surface area contributed by atoms with Crippen LogP contribution in [0, 0.1) is 0 Å². The van der Waals surface area contributed by atoms with Crippen LogP contribution in [0.25, 0.3) is 10.2 Å². The number of anilines is 1. The molecule has 0 aromatic carbocycles. The third kappa shape index (κ3) is 3.02. The van der Waals surface area contributed by atoms with Gasteiger partial charge in [-0.25, -0.2) is 4.98 Å². The van der Waals surface area contributed by atoms with E-state index < -0.39 is 0 Å². The number of fused-ring (bicyclic) bond motifs is 3. The maximum Gasteiger partial charge on any atom is 0.263 e. The average Bonchev–Trinajstić information content (AvgIpc) is 3.24. The van der Waals surface area contributed by atoms with Gasteiger partial charge in [0, 0.05) is 23.3 Å². The second kappa shape index (κ2) is 6.92. The summed E-state index contributed by atoms with van der Waals surface area (Å²) >= 11 is 3.47. The molecular formula is C19H23N3OS2. The Kier molecular flexibility index (Phi) is 4.65. The normalized spacial score (nSPS) is 14.0. The van der Waals surface area contributed by atoms with Crippen molar-refractivity contribution in [2.45, 2.75) is 52.1 Å². The molecule has 3 aromatic rings. The first-order chi connectivity index (χ1) is 12.2. The molecule has 0 saturated heterocycles. The van der Waals surface area contributed by atoms with Gasteiger partial charge in [-0.2, -0.15) is 0 Å². The molecule has 1 aliphatic rings. The molecule has 0 amide bonds. The monoisotopic (exact) mass is 373 g/mol. The molecule has 0 bridgehead atoms. The van der Waals surface area contributed by atoms with Crippen molar-refractivity contribution in [3.05, 3.63) is 43.2 Å². The summed E-state index contributed by atoms with van der Waals surface area (Å²) in [5.74, 6) is 0.798. The fourth-order valence-electron chi connectivity index (χ4n) is 3.65. The highest BCUT2D eigenvalue weighted by Gasteiger charge is 2.23. The van der Waals surface area contributed by atoms with Crippen LogP contribution in [0.1, 0.15) is 41.5 Å². The van der Waals surface area contributed by atoms with Crippen LogP contribution >= 0.6 is 22.7 Å². The lowest BCUT2D eigenvalue weighted by Gasteiger charge is -2.21. The number of hydrogen-bond acceptors (Lipinski definition) is 5. The third-order valence-electron chi connectivity index (χ3n) is 4.82. The van der Waals surface area contributed by atoms with E-state index in [4.69, 9.17) is 4.98 Å². The standard InChI is InChI=1S/C19H23N3OS2/c1-3-10-22-18(23)16-14-8-4-5-9-15(14)25-17(16)20-19(22)21(2)12-13-7-6-11-24-13/h6-7,11H,3-5,8-10,12H2,1-2H3. The summed E-state index contributed by atoms with van der Waals surface area (Å²) in [6.45, 7) is 3.61. The predicted octanol–water partition coefficient (Wildman–Crippen LogP) is 4.44. The summed E-state index contributed by atoms with van der Waals surface area (Å²) in [7, 11) is 2.03. The molecule has 0 atom stereocenters. The summed E-state index contributed by atoms with van der Waals surface area (Å²) in [6.07, 6.45) is 5.48. The number of thiophene rings is 2. The first-order valence-electron chi connectivity index (χ1n) is 8.97. The van der Waals surface area contributed by atoms with Crippen LogP contribution < -0.4 is 10.5 Å². The van der Waals surface area contributed by atoms with Gasteiger partial charge in [0.1, 0.15) is 4.83 Å². The van der Waals surface area contributed by atoms with Gasteiger partial charge in [0.25, 0.3) is 5.56 Å². The van der Waals surface area contributed by atoms with Gasteiger partial charge in [0.2, 0.25) is 5.95 Å². The molecule has 25 heavy (non-hydrogen) atoms. The van der Waals surface area contributed by atoms with Crippen molar-refractivity contribution >= 4 is 38.8 Å². The molecule has 0 N–H and O–H groups in total. The van der Waals surface area contributed by atoms with Crippen LogP contribution in [0.2, 0.25) is 0 Å². The van der Waals surface area contributed by atoms with Gasteiger partial charge in [0.05, 0.1) is 11.9 Å². The molecule has 4 rings (SSSR count). The second-order valence-electron chi connectivity index (χ2n) is 6.70. The van der Waals surface area contributed by atoms with E-state index in [2.05, 4.69) is 29.3 Å². The van der Waals surface area contributed by atoms with Gasteiger partial charge in [-0.15, -0.1) is 22.7 Å². The fourth-order valence-corrected chi connectivity index (χ4v) is 5.66. The number of rotatable bonds is 5. The number of aryl methyl sites for hydroxylation is 2. The van der Waals surface area contributed by atoms with E-state index >= 15 is 0 Å². The summed E-state index contributed by atoms with van der Waals surface area (Å²) in [4.78, 5) is 23.9. The Morgan fingerprint density at radius 2 is 2.16 bits per heavy atom. The van der Waals surface area contributed by atoms with Crippen LogP contribution in [0.15, 0.2) is 22.3 Å². The van der Waals surface area contributed by atoms with E-state index in [1.807, 2.05) is 11.6 Å². The minimum atomic E-state index is 0.152. The van der Waals surface area contributed by atoms with Gasteiger partial charge < -0.3 is 4.90 Å². The fraction of sp³-hybridized carbons (Fsp3) is 0.474. The first kappa shape index (κ1) is 16.8. The van der Waals surface area contributed by atoms with E-state index in [0.717, 1.165) is 48.5 Å². The Labute approximate surface area is 155 Å². The van der Waals surface area contributed by atoms with Gasteiger partial charge in [-0.05, 0) is 49.1 Å². The molecule has 0 fully saturated rings. The summed E-state index contributed by atoms with van der Waals surface area (Å²) < 4.78 is 1.89. The highest BCUT2D eigenvalue weighted by Crippen LogP contribution is 2.34. The molecule has 0 aliphatic heterocycles. The molecule has 0 spiro atoms. The van der Waals surface area contributed by atoms with Crippen LogP contribution in [0.3, 0.4) is 0 Å². The Balaban J connectivity index is 1.85. The van der Waals surface area contributed by atoms with Crippen molar-refractivity contribution in [2.75, 3.05) is 11.9 Å². The maximum atomic E-state index is 13.3. The highest BCUT2D eigenvalue weighted by atomic mass is 32.1. The SMILES string of the molecule is CCCn1c(N(C)Cc2cccs2)nc2sc3c(c2c1=O)CCCC3. The van der Waals surface area contributed by atoms with E-state index in [1.165, 1.54) is 28.2 Å². The molecule has 0 saturated carbocycles. The van der Waals surface area contributed by atoms with Gasteiger partial charge in [-0.1, -0.05) is 13.0 Å². The van der Waals surface area contributed by atoms with Crippen molar-refractivity contribution in [3.63, 3.8) is 0 Å². The van der Waals surface area contributed by atoms with Crippen LogP contribution in [-0.4, -0.2) is 16.6 Å². The molecule has 3 aromatic heterocycles. The summed E-state index contributed by atoms with van der Waals surface area (Å²) in [6, 6.07) is 4.20. The summed E-state index contributed by atoms with van der Waals surface area (Å²) in [5.41, 5.74) is 1.43. The predicted molar refractivity (Wildman–Crippen MR) is 107 cm³/mol. The largest absolute Gasteiger partial charge is 0.340 e. The van der Waals surface area contributed by atoms with E-state index in [0.29, 0.717) is 0 Å². The smallest absolute Gasteiger partial charge is 0.263 e. The van der Waals surface area contributed by atoms with Gasteiger partial charge in [-0.3, -0.25) is 9.36 Å². The molecule has 3 heterocycles. The van der Waals surface area contributed by atoms with Crippen molar-refractivity contribution in [3.8, 4) is 0 Å². The zero-order chi connectivity index (χ0) is 17.4. The average molecular weight is 374 g/mol. The number of nitrogens with zero attached hydrogens (tertiary/aromatic N) is 3. The molecule has 132 valence electrons. The lowest BCUT2D eigenvalue weighted by Crippen LogP contribution is -2.30. The van der Waals surface area contributed by atoms with E-state index in [-0.39, 0.29) is 5.56 Å².